The Morgan fingerprint density at radius 3 is 1.70 bits per heavy atom. The molecular weight excluding hydrogens is 1050 g/mol. The van der Waals surface area contributed by atoms with Gasteiger partial charge in [-0.1, -0.05) is 87.5 Å². The van der Waals surface area contributed by atoms with E-state index in [1.165, 1.54) is 33.4 Å². The molecule has 71 heavy (non-hydrogen) atoms. The summed E-state index contributed by atoms with van der Waals surface area (Å²) in [5.74, 6) is 1.99. The Bertz CT molecular complexity index is 3840. The van der Waals surface area contributed by atoms with Crippen LogP contribution in [0, 0.1) is 15.9 Å². The number of nitrogens with zero attached hydrogens (tertiary/aromatic N) is 4. The van der Waals surface area contributed by atoms with Crippen LogP contribution in [-0.2, 0) is 30.2 Å². The number of fused-ring (bicyclic) bond motifs is 10. The van der Waals surface area contributed by atoms with Gasteiger partial charge < -0.3 is 0 Å². The van der Waals surface area contributed by atoms with Gasteiger partial charge in [-0.25, -0.2) is 0 Å². The number of ether oxygens (including phenoxy) is 1. The Morgan fingerprint density at radius 2 is 1.04 bits per heavy atom. The van der Waals surface area contributed by atoms with E-state index in [1.807, 2.05) is 18.3 Å². The van der Waals surface area contributed by atoms with Gasteiger partial charge in [0.25, 0.3) is 0 Å². The topological polar surface area (TPSA) is 35.2 Å². The van der Waals surface area contributed by atoms with Crippen LogP contribution < -0.4 is 9.64 Å². The van der Waals surface area contributed by atoms with E-state index in [0.717, 1.165) is 71.2 Å². The van der Waals surface area contributed by atoms with E-state index >= 15 is 0 Å². The first kappa shape index (κ1) is 42.9. The summed E-state index contributed by atoms with van der Waals surface area (Å²) in [6.45, 7) is 6.74. The van der Waals surface area contributed by atoms with Gasteiger partial charge in [-0.2, -0.15) is 0 Å². The molecule has 1 aliphatic carbocycles. The van der Waals surface area contributed by atoms with Crippen LogP contribution in [0.2, 0.25) is 0 Å². The normalized spacial score (nSPS) is 13.2. The molecule has 0 saturated carbocycles. The molecule has 11 aromatic rings. The molecule has 5 nitrogen and oxygen atoms in total. The number of anilines is 3. The van der Waals surface area contributed by atoms with Gasteiger partial charge in [-0.3, -0.25) is 0 Å². The first-order chi connectivity index (χ1) is 34.8. The summed E-state index contributed by atoms with van der Waals surface area (Å²) in [7, 11) is 0. The maximum atomic E-state index is 6.96. The van der Waals surface area contributed by atoms with Crippen LogP contribution in [0.4, 0.5) is 17.2 Å². The van der Waals surface area contributed by atoms with E-state index in [0.29, 0.717) is 11.5 Å². The maximum absolute atomic E-state index is 6.96. The molecule has 13 rings (SSSR count). The van der Waals surface area contributed by atoms with Gasteiger partial charge in [0.05, 0.1) is 0 Å². The number of aromatic nitrogens is 3. The van der Waals surface area contributed by atoms with Crippen molar-refractivity contribution in [2.75, 3.05) is 4.90 Å². The summed E-state index contributed by atoms with van der Waals surface area (Å²) < 4.78 is 12.6. The number of benzene rings is 9. The van der Waals surface area contributed by atoms with Gasteiger partial charge in [-0.15, -0.1) is 0 Å². The summed E-state index contributed by atoms with van der Waals surface area (Å²) in [6, 6.07) is 85.5. The number of imidazole rings is 1. The van der Waals surface area contributed by atoms with Crippen molar-refractivity contribution < 1.29 is 24.1 Å². The number of para-hydroxylation sites is 4. The predicted octanol–water partition coefficient (Wildman–Crippen LogP) is 16.1. The monoisotopic (exact) mass is 1090 g/mol. The van der Waals surface area contributed by atoms with Crippen molar-refractivity contribution in [3.8, 4) is 56.3 Å². The molecule has 2 aromatic heterocycles. The fourth-order valence-electron chi connectivity index (χ4n) is 11.1. The third-order valence-electron chi connectivity index (χ3n) is 14.2. The Labute approximate surface area is 425 Å². The second kappa shape index (κ2) is 16.8. The average Bonchev–Trinajstić information content (AvgIpc) is 3.88. The molecule has 1 aliphatic heterocycles. The first-order valence-electron chi connectivity index (χ1n) is 24.0. The standard InChI is InChI=1S/C65H46N4O.Pt/c1-64(2,3)46-38-39-66-62(40-46)69-58-33-15-14-32-56(58)65(54-30-12-10-26-52(54)53-27-11-13-31-55(53)65)57-37-36-49(42-61(57)69)70-48-25-18-24-47(41-48)67-43-68(60-35-17-16-34-59(60)67)63-50(44-20-6-4-7-21-44)28-19-29-51(63)45-22-8-5-9-23-45;/h4-40H,1-3H3;/q-2;. The van der Waals surface area contributed by atoms with Crippen LogP contribution in [-0.4, -0.2) is 14.1 Å². The fourth-order valence-corrected chi connectivity index (χ4v) is 12.2. The summed E-state index contributed by atoms with van der Waals surface area (Å²) in [5.41, 5.74) is 18.4. The summed E-state index contributed by atoms with van der Waals surface area (Å²) in [5, 5.41) is 0. The molecule has 0 N–H and O–H groups in total. The van der Waals surface area contributed by atoms with Crippen LogP contribution in [0.25, 0.3) is 55.8 Å². The zero-order chi connectivity index (χ0) is 47.8. The van der Waals surface area contributed by atoms with E-state index in [-0.39, 0.29) is 5.41 Å². The van der Waals surface area contributed by atoms with Crippen LogP contribution in [0.5, 0.6) is 11.5 Å². The summed E-state index contributed by atoms with van der Waals surface area (Å²) in [6.07, 6.45) is 1.93. The molecule has 0 amide bonds. The van der Waals surface area contributed by atoms with Gasteiger partial charge in [-0.05, 0) is 28.2 Å². The second-order valence-corrected chi connectivity index (χ2v) is 20.3. The Kier molecular flexibility index (Phi) is 10.2. The van der Waals surface area contributed by atoms with Crippen molar-refractivity contribution in [2.45, 2.75) is 31.6 Å². The van der Waals surface area contributed by atoms with Crippen LogP contribution in [0.3, 0.4) is 0 Å². The zero-order valence-corrected chi connectivity index (χ0v) is 41.6. The number of hydrogen-bond acceptors (Lipinski definition) is 3. The molecule has 1 spiro atoms. The van der Waals surface area contributed by atoms with Gasteiger partial charge in [0.15, 0.2) is 0 Å². The molecule has 0 saturated heterocycles. The quantitative estimate of drug-likeness (QED) is 0.149. The molecule has 2 aliphatic rings. The zero-order valence-electron chi connectivity index (χ0n) is 39.4. The first-order valence-corrected chi connectivity index (χ1v) is 25.2. The molecule has 0 radical (unpaired) electrons. The van der Waals surface area contributed by atoms with E-state index < -0.39 is 5.41 Å². The average molecular weight is 1090 g/mol. The van der Waals surface area contributed by atoms with Crippen molar-refractivity contribution >= 4 is 28.2 Å². The Morgan fingerprint density at radius 1 is 0.493 bits per heavy atom. The molecule has 6 heteroatoms. The van der Waals surface area contributed by atoms with E-state index in [2.05, 4.69) is 273 Å². The number of pyridine rings is 1. The Hall–Kier alpha value is -8.11. The summed E-state index contributed by atoms with van der Waals surface area (Å²) in [4.78, 5) is 7.38. The molecule has 0 bridgehead atoms. The van der Waals surface area contributed by atoms with E-state index in [4.69, 9.17) is 9.72 Å². The van der Waals surface area contributed by atoms with Gasteiger partial charge in [0.1, 0.15) is 0 Å². The molecule has 344 valence electrons. The molecule has 0 unspecified atom stereocenters. The van der Waals surface area contributed by atoms with Crippen LogP contribution in [0.1, 0.15) is 48.6 Å². The van der Waals surface area contributed by atoms with E-state index in [1.54, 1.807) is 0 Å². The summed E-state index contributed by atoms with van der Waals surface area (Å²) >= 11 is 2.49. The van der Waals surface area contributed by atoms with Crippen molar-refractivity contribution in [1.29, 1.82) is 0 Å². The van der Waals surface area contributed by atoms with Gasteiger partial charge in [0.2, 0.25) is 0 Å². The molecule has 9 aromatic carbocycles. The number of hydrogen-bond donors (Lipinski definition) is 0. The number of rotatable bonds is 7. The van der Waals surface area contributed by atoms with Crippen molar-refractivity contribution in [3.63, 3.8) is 0 Å². The second-order valence-electron chi connectivity index (χ2n) is 19.3. The van der Waals surface area contributed by atoms with Crippen molar-refractivity contribution in [2.24, 2.45) is 0 Å². The minimum atomic E-state index is -0.612. The third kappa shape index (κ3) is 6.78. The van der Waals surface area contributed by atoms with Gasteiger partial charge >= 0.3 is 306 Å². The predicted molar refractivity (Wildman–Crippen MR) is 283 cm³/mol. The molecular formula is C65H46N4OPt-2. The fraction of sp³-hybridized carbons (Fsp3) is 0.0769. The van der Waals surface area contributed by atoms with Crippen molar-refractivity contribution in [3.05, 3.63) is 268 Å². The van der Waals surface area contributed by atoms with Crippen LogP contribution in [0.15, 0.2) is 225 Å². The van der Waals surface area contributed by atoms with E-state index in [9.17, 15) is 0 Å². The third-order valence-corrected chi connectivity index (χ3v) is 15.2. The molecule has 0 atom stereocenters. The minimum absolute atomic E-state index is 0.0897. The van der Waals surface area contributed by atoms with Crippen molar-refractivity contribution in [1.82, 2.24) is 14.1 Å². The van der Waals surface area contributed by atoms with Gasteiger partial charge in [0, 0.05) is 6.20 Å². The SMILES string of the molecule is CC(C)(C)c1ccnc(N2c3[c-]c(Oc4[c-]c(-n5[c](=[Pt])n(-c6c(-c7ccccc7)cccc6-c6ccccc6)c6ccccc65)ccc4)ccc3C3(c4ccccc4-c4ccccc43)c3ccccc32)c1. The molecule has 0 fully saturated rings. The Balaban J connectivity index is 0.979. The molecule has 3 heterocycles. The van der Waals surface area contributed by atoms with Crippen LogP contribution >= 0.6 is 0 Å².